The van der Waals surface area contributed by atoms with Crippen LogP contribution in [0.15, 0.2) is 17.5 Å². The van der Waals surface area contributed by atoms with E-state index >= 15 is 0 Å². The van der Waals surface area contributed by atoms with Crippen LogP contribution in [-0.4, -0.2) is 44.7 Å². The molecular formula is C19H27N5OS. The van der Waals surface area contributed by atoms with Gasteiger partial charge in [0.2, 0.25) is 5.82 Å². The Morgan fingerprint density at radius 1 is 1.31 bits per heavy atom. The van der Waals surface area contributed by atoms with Gasteiger partial charge in [0.25, 0.3) is 5.91 Å². The highest BCUT2D eigenvalue weighted by Crippen LogP contribution is 2.41. The van der Waals surface area contributed by atoms with Gasteiger partial charge in [0.1, 0.15) is 5.82 Å². The number of carbonyl (C=O) groups excluding carboxylic acids is 1. The van der Waals surface area contributed by atoms with Gasteiger partial charge in [-0.2, -0.15) is 0 Å². The van der Waals surface area contributed by atoms with Crippen molar-refractivity contribution in [2.24, 2.45) is 5.41 Å². The highest BCUT2D eigenvalue weighted by Gasteiger charge is 2.39. The Balaban J connectivity index is 1.43. The van der Waals surface area contributed by atoms with Crippen molar-refractivity contribution < 1.29 is 4.79 Å². The molecule has 140 valence electrons. The quantitative estimate of drug-likeness (QED) is 0.895. The number of nitrogens with zero attached hydrogens (tertiary/aromatic N) is 4. The number of thiophene rings is 1. The summed E-state index contributed by atoms with van der Waals surface area (Å²) >= 11 is 1.84. The molecule has 7 heteroatoms. The van der Waals surface area contributed by atoms with Crippen LogP contribution in [0.2, 0.25) is 0 Å². The van der Waals surface area contributed by atoms with E-state index in [2.05, 4.69) is 42.5 Å². The van der Waals surface area contributed by atoms with E-state index in [0.717, 1.165) is 44.8 Å². The fourth-order valence-corrected chi connectivity index (χ4v) is 4.94. The van der Waals surface area contributed by atoms with E-state index in [-0.39, 0.29) is 17.4 Å². The Morgan fingerprint density at radius 3 is 2.81 bits per heavy atom. The monoisotopic (exact) mass is 373 g/mol. The van der Waals surface area contributed by atoms with Gasteiger partial charge in [-0.3, -0.25) is 9.69 Å². The molecule has 1 spiro atoms. The smallest absolute Gasteiger partial charge is 0.289 e. The lowest BCUT2D eigenvalue weighted by molar-refractivity contribution is 0.0622. The maximum absolute atomic E-state index is 12.4. The van der Waals surface area contributed by atoms with Crippen molar-refractivity contribution in [3.05, 3.63) is 34.0 Å². The second-order valence-corrected chi connectivity index (χ2v) is 9.04. The zero-order chi connectivity index (χ0) is 18.1. The fourth-order valence-electron chi connectivity index (χ4n) is 4.19. The zero-order valence-corrected chi connectivity index (χ0v) is 16.4. The van der Waals surface area contributed by atoms with E-state index in [1.165, 1.54) is 17.7 Å². The minimum absolute atomic E-state index is 0.105. The molecule has 2 aliphatic heterocycles. The van der Waals surface area contributed by atoms with Crippen LogP contribution in [0.4, 0.5) is 0 Å². The summed E-state index contributed by atoms with van der Waals surface area (Å²) in [6.07, 6.45) is 4.44. The molecule has 2 aliphatic rings. The third kappa shape index (κ3) is 3.55. The summed E-state index contributed by atoms with van der Waals surface area (Å²) in [5, 5.41) is 13.6. The summed E-state index contributed by atoms with van der Waals surface area (Å²) in [7, 11) is 0. The Labute approximate surface area is 158 Å². The van der Waals surface area contributed by atoms with E-state index in [1.54, 1.807) is 0 Å². The molecule has 2 aromatic rings. The number of amides is 1. The van der Waals surface area contributed by atoms with Crippen molar-refractivity contribution in [3.63, 3.8) is 0 Å². The van der Waals surface area contributed by atoms with Crippen LogP contribution in [0.3, 0.4) is 0 Å². The summed E-state index contributed by atoms with van der Waals surface area (Å²) in [5.74, 6) is 1.34. The lowest BCUT2D eigenvalue weighted by Gasteiger charge is -2.44. The summed E-state index contributed by atoms with van der Waals surface area (Å²) in [4.78, 5) is 16.5. The largest absolute Gasteiger partial charge is 0.347 e. The van der Waals surface area contributed by atoms with Gasteiger partial charge >= 0.3 is 0 Å². The number of fused-ring (bicyclic) bond motifs is 1. The van der Waals surface area contributed by atoms with Crippen molar-refractivity contribution in [2.75, 3.05) is 13.1 Å². The first-order chi connectivity index (χ1) is 12.5. The number of likely N-dealkylation sites (tertiary alicyclic amines) is 1. The van der Waals surface area contributed by atoms with Crippen molar-refractivity contribution in [1.29, 1.82) is 0 Å². The molecule has 26 heavy (non-hydrogen) atoms. The molecule has 0 atom stereocenters. The SMILES string of the molecule is CC(C)NC(=O)c1nnc2n1CC1(CC2)CCN(Cc2cccs2)CC1. The Bertz CT molecular complexity index is 759. The molecule has 0 saturated carbocycles. The third-order valence-electron chi connectivity index (χ3n) is 5.70. The molecule has 0 bridgehead atoms. The molecule has 0 unspecified atom stereocenters. The molecule has 1 fully saturated rings. The topological polar surface area (TPSA) is 63.1 Å². The van der Waals surface area contributed by atoms with E-state index < -0.39 is 0 Å². The van der Waals surface area contributed by atoms with Crippen molar-refractivity contribution in [2.45, 2.75) is 58.7 Å². The number of hydrogen-bond acceptors (Lipinski definition) is 5. The van der Waals surface area contributed by atoms with E-state index in [4.69, 9.17) is 0 Å². The number of piperidine rings is 1. The van der Waals surface area contributed by atoms with Crippen molar-refractivity contribution >= 4 is 17.2 Å². The average molecular weight is 374 g/mol. The molecule has 1 saturated heterocycles. The predicted molar refractivity (Wildman–Crippen MR) is 102 cm³/mol. The van der Waals surface area contributed by atoms with Gasteiger partial charge < -0.3 is 9.88 Å². The van der Waals surface area contributed by atoms with Crippen LogP contribution in [-0.2, 0) is 19.5 Å². The summed E-state index contributed by atoms with van der Waals surface area (Å²) in [6.45, 7) is 8.13. The van der Waals surface area contributed by atoms with Crippen LogP contribution in [0.25, 0.3) is 0 Å². The third-order valence-corrected chi connectivity index (χ3v) is 6.56. The molecule has 0 aliphatic carbocycles. The highest BCUT2D eigenvalue weighted by atomic mass is 32.1. The van der Waals surface area contributed by atoms with Crippen molar-refractivity contribution in [3.8, 4) is 0 Å². The summed E-state index contributed by atoms with van der Waals surface area (Å²) in [6, 6.07) is 4.45. The molecule has 4 heterocycles. The van der Waals surface area contributed by atoms with Gasteiger partial charge in [0, 0.05) is 30.4 Å². The lowest BCUT2D eigenvalue weighted by Crippen LogP contribution is -2.45. The minimum atomic E-state index is -0.106. The van der Waals surface area contributed by atoms with Gasteiger partial charge in [-0.1, -0.05) is 6.07 Å². The first-order valence-corrected chi connectivity index (χ1v) is 10.4. The highest BCUT2D eigenvalue weighted by molar-refractivity contribution is 7.09. The number of aryl methyl sites for hydroxylation is 1. The molecule has 0 radical (unpaired) electrons. The number of hydrogen-bond donors (Lipinski definition) is 1. The predicted octanol–water partition coefficient (Wildman–Crippen LogP) is 2.71. The maximum Gasteiger partial charge on any atom is 0.289 e. The summed E-state index contributed by atoms with van der Waals surface area (Å²) < 4.78 is 2.08. The van der Waals surface area contributed by atoms with Crippen LogP contribution >= 0.6 is 11.3 Å². The maximum atomic E-state index is 12.4. The van der Waals surface area contributed by atoms with Crippen LogP contribution < -0.4 is 5.32 Å². The van der Waals surface area contributed by atoms with Crippen molar-refractivity contribution in [1.82, 2.24) is 25.0 Å². The molecule has 1 amide bonds. The molecule has 1 N–H and O–H groups in total. The van der Waals surface area contributed by atoms with Gasteiger partial charge in [-0.25, -0.2) is 0 Å². The number of nitrogens with one attached hydrogen (secondary N) is 1. The first kappa shape index (κ1) is 17.7. The van der Waals surface area contributed by atoms with Gasteiger partial charge in [-0.15, -0.1) is 21.5 Å². The van der Waals surface area contributed by atoms with Crippen LogP contribution in [0.1, 0.15) is 54.4 Å². The second-order valence-electron chi connectivity index (χ2n) is 8.01. The standard InChI is InChI=1S/C19H27N5OS/c1-14(2)20-18(25)17-22-21-16-5-6-19(13-24(16)17)7-9-23(10-8-19)12-15-4-3-11-26-15/h3-4,11,14H,5-10,12-13H2,1-2H3,(H,20,25). The second kappa shape index (κ2) is 7.12. The number of rotatable bonds is 4. The van der Waals surface area contributed by atoms with Gasteiger partial charge in [0.05, 0.1) is 0 Å². The number of aromatic nitrogens is 3. The average Bonchev–Trinajstić information content (AvgIpc) is 3.26. The van der Waals surface area contributed by atoms with Crippen LogP contribution in [0.5, 0.6) is 0 Å². The van der Waals surface area contributed by atoms with E-state index in [0.29, 0.717) is 5.82 Å². The minimum Gasteiger partial charge on any atom is -0.347 e. The Kier molecular flexibility index (Phi) is 4.84. The van der Waals surface area contributed by atoms with E-state index in [1.807, 2.05) is 25.2 Å². The Hall–Kier alpha value is -1.73. The molecule has 6 nitrogen and oxygen atoms in total. The molecule has 2 aromatic heterocycles. The van der Waals surface area contributed by atoms with E-state index in [9.17, 15) is 4.79 Å². The lowest BCUT2D eigenvalue weighted by atomic mass is 9.73. The Morgan fingerprint density at radius 2 is 2.12 bits per heavy atom. The molecule has 0 aromatic carbocycles. The summed E-state index contributed by atoms with van der Waals surface area (Å²) in [5.41, 5.74) is 0.286. The molecule has 4 rings (SSSR count). The number of carbonyl (C=O) groups is 1. The zero-order valence-electron chi connectivity index (χ0n) is 15.6. The van der Waals surface area contributed by atoms with Gasteiger partial charge in [-0.05, 0) is 63.1 Å². The first-order valence-electron chi connectivity index (χ1n) is 9.52. The van der Waals surface area contributed by atoms with Gasteiger partial charge in [0.15, 0.2) is 0 Å². The molecular weight excluding hydrogens is 346 g/mol. The fraction of sp³-hybridized carbons (Fsp3) is 0.632. The van der Waals surface area contributed by atoms with Crippen LogP contribution in [0, 0.1) is 5.41 Å². The normalized spacial score (nSPS) is 19.7.